The third-order valence-electron chi connectivity index (χ3n) is 2.22. The number of carboxylic acid groups (broad SMARTS) is 1. The van der Waals surface area contributed by atoms with E-state index in [-0.39, 0.29) is 6.23 Å². The van der Waals surface area contributed by atoms with E-state index < -0.39 is 5.97 Å². The smallest absolute Gasteiger partial charge is 0.331 e. The molecule has 1 rings (SSSR count). The summed E-state index contributed by atoms with van der Waals surface area (Å²) in [7, 11) is 0. The Labute approximate surface area is 77.6 Å². The van der Waals surface area contributed by atoms with Gasteiger partial charge in [-0.15, -0.1) is 0 Å². The number of carbonyl (C=O) groups is 1. The standard InChI is InChI=1S/C9H15NO3/c1-3-7(6(2)9(11)12)8-10-4-5-13-8/h8,10H,3-5H2,1-2H3,(H,11,12)/b7-6+. The van der Waals surface area contributed by atoms with Gasteiger partial charge in [-0.25, -0.2) is 4.79 Å². The lowest BCUT2D eigenvalue weighted by molar-refractivity contribution is -0.132. The lowest BCUT2D eigenvalue weighted by atomic mass is 10.1. The average molecular weight is 185 g/mol. The number of rotatable bonds is 3. The molecule has 0 spiro atoms. The molecule has 74 valence electrons. The van der Waals surface area contributed by atoms with Gasteiger partial charge in [0.15, 0.2) is 0 Å². The maximum Gasteiger partial charge on any atom is 0.331 e. The van der Waals surface area contributed by atoms with E-state index in [4.69, 9.17) is 9.84 Å². The fourth-order valence-corrected chi connectivity index (χ4v) is 1.43. The van der Waals surface area contributed by atoms with E-state index in [0.29, 0.717) is 18.6 Å². The first-order chi connectivity index (χ1) is 6.16. The Morgan fingerprint density at radius 1 is 1.69 bits per heavy atom. The second kappa shape index (κ2) is 4.39. The molecule has 1 fully saturated rings. The molecular weight excluding hydrogens is 170 g/mol. The van der Waals surface area contributed by atoms with Crippen LogP contribution in [-0.4, -0.2) is 30.5 Å². The van der Waals surface area contributed by atoms with Gasteiger partial charge in [0.25, 0.3) is 0 Å². The third-order valence-corrected chi connectivity index (χ3v) is 2.22. The summed E-state index contributed by atoms with van der Waals surface area (Å²) in [6.45, 7) is 5.00. The highest BCUT2D eigenvalue weighted by Gasteiger charge is 2.21. The molecule has 13 heavy (non-hydrogen) atoms. The first kappa shape index (κ1) is 10.2. The molecule has 0 bridgehead atoms. The number of carboxylic acids is 1. The van der Waals surface area contributed by atoms with Gasteiger partial charge < -0.3 is 9.84 Å². The van der Waals surface area contributed by atoms with Crippen molar-refractivity contribution in [1.82, 2.24) is 5.32 Å². The van der Waals surface area contributed by atoms with E-state index in [1.807, 2.05) is 6.92 Å². The van der Waals surface area contributed by atoms with Gasteiger partial charge >= 0.3 is 5.97 Å². The Kier molecular flexibility index (Phi) is 3.45. The van der Waals surface area contributed by atoms with E-state index in [2.05, 4.69) is 5.32 Å². The van der Waals surface area contributed by atoms with Gasteiger partial charge in [0.1, 0.15) is 6.23 Å². The molecule has 4 heteroatoms. The molecule has 0 aromatic rings. The van der Waals surface area contributed by atoms with Crippen LogP contribution in [0.15, 0.2) is 11.1 Å². The minimum atomic E-state index is -0.867. The van der Waals surface area contributed by atoms with E-state index in [9.17, 15) is 4.79 Å². The number of hydrogen-bond acceptors (Lipinski definition) is 3. The fourth-order valence-electron chi connectivity index (χ4n) is 1.43. The summed E-state index contributed by atoms with van der Waals surface area (Å²) < 4.78 is 5.34. The van der Waals surface area contributed by atoms with Gasteiger partial charge in [0.2, 0.25) is 0 Å². The largest absolute Gasteiger partial charge is 0.478 e. The van der Waals surface area contributed by atoms with Gasteiger partial charge in [-0.1, -0.05) is 6.92 Å². The number of nitrogens with one attached hydrogen (secondary N) is 1. The molecule has 0 aliphatic carbocycles. The maximum atomic E-state index is 10.7. The molecule has 1 heterocycles. The molecule has 0 aromatic carbocycles. The molecule has 1 saturated heterocycles. The van der Waals surface area contributed by atoms with Crippen LogP contribution in [0.1, 0.15) is 20.3 Å². The molecular formula is C9H15NO3. The van der Waals surface area contributed by atoms with E-state index >= 15 is 0 Å². The van der Waals surface area contributed by atoms with Crippen LogP contribution >= 0.6 is 0 Å². The summed E-state index contributed by atoms with van der Waals surface area (Å²) in [5.74, 6) is -0.867. The van der Waals surface area contributed by atoms with Crippen LogP contribution in [0.3, 0.4) is 0 Å². The van der Waals surface area contributed by atoms with E-state index in [1.165, 1.54) is 0 Å². The minimum absolute atomic E-state index is 0.193. The number of aliphatic carboxylic acids is 1. The van der Waals surface area contributed by atoms with Gasteiger partial charge in [-0.3, -0.25) is 5.32 Å². The van der Waals surface area contributed by atoms with Gasteiger partial charge in [-0.2, -0.15) is 0 Å². The Balaban J connectivity index is 2.81. The molecule has 1 aliphatic rings. The lowest BCUT2D eigenvalue weighted by Gasteiger charge is -2.14. The van der Waals surface area contributed by atoms with Crippen LogP contribution in [0, 0.1) is 0 Å². The summed E-state index contributed by atoms with van der Waals surface area (Å²) in [6.07, 6.45) is 0.511. The van der Waals surface area contributed by atoms with Crippen molar-refractivity contribution in [2.75, 3.05) is 13.2 Å². The summed E-state index contributed by atoms with van der Waals surface area (Å²) in [5, 5.41) is 11.9. The van der Waals surface area contributed by atoms with Crippen LogP contribution in [0.25, 0.3) is 0 Å². The number of hydrogen-bond donors (Lipinski definition) is 2. The molecule has 1 aliphatic heterocycles. The highest BCUT2D eigenvalue weighted by Crippen LogP contribution is 2.16. The van der Waals surface area contributed by atoms with Crippen molar-refractivity contribution < 1.29 is 14.6 Å². The van der Waals surface area contributed by atoms with Crippen molar-refractivity contribution >= 4 is 5.97 Å². The summed E-state index contributed by atoms with van der Waals surface area (Å²) in [4.78, 5) is 10.7. The van der Waals surface area contributed by atoms with Crippen LogP contribution in [0.5, 0.6) is 0 Å². The van der Waals surface area contributed by atoms with Crippen molar-refractivity contribution in [1.29, 1.82) is 0 Å². The van der Waals surface area contributed by atoms with Crippen molar-refractivity contribution in [3.05, 3.63) is 11.1 Å². The second-order valence-electron chi connectivity index (χ2n) is 3.01. The molecule has 1 unspecified atom stereocenters. The monoisotopic (exact) mass is 185 g/mol. The zero-order chi connectivity index (χ0) is 9.84. The zero-order valence-corrected chi connectivity index (χ0v) is 7.96. The van der Waals surface area contributed by atoms with Gasteiger partial charge in [-0.05, 0) is 18.9 Å². The number of ether oxygens (including phenoxy) is 1. The molecule has 1 atom stereocenters. The molecule has 2 N–H and O–H groups in total. The predicted molar refractivity (Wildman–Crippen MR) is 48.4 cm³/mol. The Morgan fingerprint density at radius 2 is 2.38 bits per heavy atom. The first-order valence-corrected chi connectivity index (χ1v) is 4.44. The van der Waals surface area contributed by atoms with Crippen molar-refractivity contribution in [3.8, 4) is 0 Å². The van der Waals surface area contributed by atoms with E-state index in [0.717, 1.165) is 12.1 Å². The predicted octanol–water partition coefficient (Wildman–Crippen LogP) is 0.743. The van der Waals surface area contributed by atoms with Gasteiger partial charge in [0, 0.05) is 12.1 Å². The maximum absolute atomic E-state index is 10.7. The van der Waals surface area contributed by atoms with Crippen LogP contribution in [0.2, 0.25) is 0 Å². The summed E-state index contributed by atoms with van der Waals surface area (Å²) in [5.41, 5.74) is 1.23. The van der Waals surface area contributed by atoms with Crippen LogP contribution in [0.4, 0.5) is 0 Å². The zero-order valence-electron chi connectivity index (χ0n) is 7.96. The second-order valence-corrected chi connectivity index (χ2v) is 3.01. The average Bonchev–Trinajstić information content (AvgIpc) is 2.58. The summed E-state index contributed by atoms with van der Waals surface area (Å²) in [6, 6.07) is 0. The normalized spacial score (nSPS) is 24.3. The molecule has 0 aromatic heterocycles. The lowest BCUT2D eigenvalue weighted by Crippen LogP contribution is -2.26. The summed E-state index contributed by atoms with van der Waals surface area (Å²) >= 11 is 0. The van der Waals surface area contributed by atoms with Crippen molar-refractivity contribution in [2.45, 2.75) is 26.5 Å². The molecule has 0 amide bonds. The molecule has 4 nitrogen and oxygen atoms in total. The van der Waals surface area contributed by atoms with Crippen LogP contribution < -0.4 is 5.32 Å². The topological polar surface area (TPSA) is 58.6 Å². The first-order valence-electron chi connectivity index (χ1n) is 4.44. The Morgan fingerprint density at radius 3 is 2.77 bits per heavy atom. The molecule has 0 radical (unpaired) electrons. The highest BCUT2D eigenvalue weighted by molar-refractivity contribution is 5.87. The third kappa shape index (κ3) is 2.29. The van der Waals surface area contributed by atoms with E-state index in [1.54, 1.807) is 6.92 Å². The quantitative estimate of drug-likeness (QED) is 0.637. The van der Waals surface area contributed by atoms with Crippen molar-refractivity contribution in [2.24, 2.45) is 0 Å². The van der Waals surface area contributed by atoms with Crippen LogP contribution in [-0.2, 0) is 9.53 Å². The van der Waals surface area contributed by atoms with Gasteiger partial charge in [0.05, 0.1) is 6.61 Å². The Hall–Kier alpha value is -0.870. The fraction of sp³-hybridized carbons (Fsp3) is 0.667. The van der Waals surface area contributed by atoms with Crippen molar-refractivity contribution in [3.63, 3.8) is 0 Å². The SMILES string of the molecule is CC/C(=C(/C)C(=O)O)C1NCCO1. The minimum Gasteiger partial charge on any atom is -0.478 e. The molecule has 0 saturated carbocycles. The Bertz CT molecular complexity index is 229. The highest BCUT2D eigenvalue weighted by atomic mass is 16.5.